The molecule has 0 aromatic rings. The molecule has 1 amide bonds. The van der Waals surface area contributed by atoms with Gasteiger partial charge in [-0.2, -0.15) is 0 Å². The van der Waals surface area contributed by atoms with E-state index in [1.54, 1.807) is 6.08 Å². The van der Waals surface area contributed by atoms with Gasteiger partial charge in [-0.05, 0) is 37.7 Å². The summed E-state index contributed by atoms with van der Waals surface area (Å²) in [6.07, 6.45) is 13.3. The first kappa shape index (κ1) is 13.8. The Labute approximate surface area is 104 Å². The molecule has 1 aliphatic rings. The standard InChI is InChI=1S/C14H21NO2/c1-2-3-4-5-6-7-14(16)15-12-13-8-10-17-11-9-13/h1,6-7,13H,3-5,8-12H2,(H,15,16)/b7-6+. The van der Waals surface area contributed by atoms with Crippen molar-refractivity contribution in [1.82, 2.24) is 5.32 Å². The minimum atomic E-state index is -0.00259. The Bertz CT molecular complexity index is 285. The summed E-state index contributed by atoms with van der Waals surface area (Å²) in [5, 5.41) is 2.92. The number of allylic oxidation sites excluding steroid dienone is 1. The van der Waals surface area contributed by atoms with Gasteiger partial charge in [-0.1, -0.05) is 6.08 Å². The summed E-state index contributed by atoms with van der Waals surface area (Å²) in [5.74, 6) is 3.15. The number of nitrogens with one attached hydrogen (secondary N) is 1. The van der Waals surface area contributed by atoms with Crippen LogP contribution >= 0.6 is 0 Å². The van der Waals surface area contributed by atoms with Gasteiger partial charge < -0.3 is 10.1 Å². The van der Waals surface area contributed by atoms with Gasteiger partial charge in [0.05, 0.1) is 0 Å². The molecule has 0 bridgehead atoms. The Balaban J connectivity index is 2.05. The fourth-order valence-electron chi connectivity index (χ4n) is 1.77. The molecule has 1 aliphatic heterocycles. The highest BCUT2D eigenvalue weighted by atomic mass is 16.5. The van der Waals surface area contributed by atoms with Gasteiger partial charge in [0.15, 0.2) is 0 Å². The lowest BCUT2D eigenvalue weighted by atomic mass is 10.0. The molecule has 1 saturated heterocycles. The topological polar surface area (TPSA) is 38.3 Å². The predicted molar refractivity (Wildman–Crippen MR) is 68.4 cm³/mol. The van der Waals surface area contributed by atoms with E-state index in [-0.39, 0.29) is 5.91 Å². The van der Waals surface area contributed by atoms with Crippen LogP contribution in [0.5, 0.6) is 0 Å². The van der Waals surface area contributed by atoms with Crippen LogP contribution in [-0.4, -0.2) is 25.7 Å². The lowest BCUT2D eigenvalue weighted by molar-refractivity contribution is -0.116. The number of carbonyl (C=O) groups excluding carboxylic acids is 1. The third-order valence-corrected chi connectivity index (χ3v) is 2.87. The van der Waals surface area contributed by atoms with Crippen LogP contribution in [0.25, 0.3) is 0 Å². The van der Waals surface area contributed by atoms with Gasteiger partial charge in [0, 0.05) is 26.2 Å². The molecular weight excluding hydrogens is 214 g/mol. The molecule has 1 heterocycles. The van der Waals surface area contributed by atoms with E-state index in [2.05, 4.69) is 11.2 Å². The van der Waals surface area contributed by atoms with Crippen LogP contribution in [0, 0.1) is 18.3 Å². The van der Waals surface area contributed by atoms with E-state index in [9.17, 15) is 4.79 Å². The van der Waals surface area contributed by atoms with E-state index in [1.165, 1.54) is 0 Å². The van der Waals surface area contributed by atoms with Crippen molar-refractivity contribution >= 4 is 5.91 Å². The highest BCUT2D eigenvalue weighted by molar-refractivity contribution is 5.87. The molecule has 1 fully saturated rings. The van der Waals surface area contributed by atoms with Crippen molar-refractivity contribution in [2.24, 2.45) is 5.92 Å². The SMILES string of the molecule is C#CCCC/C=C/C(=O)NCC1CCOCC1. The lowest BCUT2D eigenvalue weighted by Gasteiger charge is -2.21. The highest BCUT2D eigenvalue weighted by Gasteiger charge is 2.13. The Morgan fingerprint density at radius 1 is 1.47 bits per heavy atom. The number of carbonyl (C=O) groups is 1. The number of unbranched alkanes of at least 4 members (excludes halogenated alkanes) is 2. The predicted octanol–water partition coefficient (Wildman–Crippen LogP) is 1.89. The number of amides is 1. The average Bonchev–Trinajstić information content (AvgIpc) is 2.37. The van der Waals surface area contributed by atoms with E-state index in [0.29, 0.717) is 5.92 Å². The summed E-state index contributed by atoms with van der Waals surface area (Å²) in [6, 6.07) is 0. The maximum absolute atomic E-state index is 11.4. The molecular formula is C14H21NO2. The monoisotopic (exact) mass is 235 g/mol. The third-order valence-electron chi connectivity index (χ3n) is 2.87. The molecule has 0 atom stereocenters. The molecule has 1 N–H and O–H groups in total. The Morgan fingerprint density at radius 2 is 2.24 bits per heavy atom. The number of hydrogen-bond acceptors (Lipinski definition) is 2. The maximum Gasteiger partial charge on any atom is 0.243 e. The summed E-state index contributed by atoms with van der Waals surface area (Å²) in [5.41, 5.74) is 0. The minimum absolute atomic E-state index is 0.00259. The molecule has 0 aromatic carbocycles. The fraction of sp³-hybridized carbons (Fsp3) is 0.643. The summed E-state index contributed by atoms with van der Waals surface area (Å²) < 4.78 is 5.27. The second-order valence-electron chi connectivity index (χ2n) is 4.30. The molecule has 1 rings (SSSR count). The molecule has 0 unspecified atom stereocenters. The fourth-order valence-corrected chi connectivity index (χ4v) is 1.77. The zero-order chi connectivity index (χ0) is 12.3. The number of terminal acetylenes is 1. The quantitative estimate of drug-likeness (QED) is 0.434. The van der Waals surface area contributed by atoms with Crippen molar-refractivity contribution in [2.45, 2.75) is 32.1 Å². The Kier molecular flexibility index (Phi) is 7.17. The number of ether oxygens (including phenoxy) is 1. The van der Waals surface area contributed by atoms with Gasteiger partial charge in [0.2, 0.25) is 5.91 Å². The van der Waals surface area contributed by atoms with Gasteiger partial charge >= 0.3 is 0 Å². The molecule has 17 heavy (non-hydrogen) atoms. The van der Waals surface area contributed by atoms with Crippen LogP contribution in [-0.2, 0) is 9.53 Å². The van der Waals surface area contributed by atoms with Crippen LogP contribution in [0.3, 0.4) is 0 Å². The van der Waals surface area contributed by atoms with E-state index >= 15 is 0 Å². The summed E-state index contributed by atoms with van der Waals surface area (Å²) in [4.78, 5) is 11.4. The second-order valence-corrected chi connectivity index (χ2v) is 4.30. The van der Waals surface area contributed by atoms with Crippen molar-refractivity contribution in [2.75, 3.05) is 19.8 Å². The van der Waals surface area contributed by atoms with Crippen molar-refractivity contribution in [3.05, 3.63) is 12.2 Å². The first-order chi connectivity index (χ1) is 8.33. The summed E-state index contributed by atoms with van der Waals surface area (Å²) in [7, 11) is 0. The third kappa shape index (κ3) is 6.80. The molecule has 3 heteroatoms. The van der Waals surface area contributed by atoms with E-state index in [0.717, 1.165) is 51.9 Å². The van der Waals surface area contributed by atoms with Crippen molar-refractivity contribution in [1.29, 1.82) is 0 Å². The van der Waals surface area contributed by atoms with Crippen molar-refractivity contribution in [3.63, 3.8) is 0 Å². The minimum Gasteiger partial charge on any atom is -0.381 e. The maximum atomic E-state index is 11.4. The molecule has 94 valence electrons. The lowest BCUT2D eigenvalue weighted by Crippen LogP contribution is -2.31. The van der Waals surface area contributed by atoms with E-state index in [1.807, 2.05) is 6.08 Å². The molecule has 3 nitrogen and oxygen atoms in total. The molecule has 0 aliphatic carbocycles. The molecule has 0 aromatic heterocycles. The van der Waals surface area contributed by atoms with Gasteiger partial charge in [-0.15, -0.1) is 12.3 Å². The first-order valence-corrected chi connectivity index (χ1v) is 6.28. The molecule has 0 radical (unpaired) electrons. The van der Waals surface area contributed by atoms with Gasteiger partial charge in [-0.25, -0.2) is 0 Å². The largest absolute Gasteiger partial charge is 0.381 e. The normalized spacial score (nSPS) is 16.9. The molecule has 0 spiro atoms. The zero-order valence-electron chi connectivity index (χ0n) is 10.3. The van der Waals surface area contributed by atoms with E-state index in [4.69, 9.17) is 11.2 Å². The first-order valence-electron chi connectivity index (χ1n) is 6.28. The van der Waals surface area contributed by atoms with Crippen molar-refractivity contribution < 1.29 is 9.53 Å². The van der Waals surface area contributed by atoms with Crippen LogP contribution < -0.4 is 5.32 Å². The second kappa shape index (κ2) is 8.83. The highest BCUT2D eigenvalue weighted by Crippen LogP contribution is 2.12. The van der Waals surface area contributed by atoms with E-state index < -0.39 is 0 Å². The number of rotatable bonds is 6. The Morgan fingerprint density at radius 3 is 2.94 bits per heavy atom. The van der Waals surface area contributed by atoms with Crippen LogP contribution in [0.15, 0.2) is 12.2 Å². The van der Waals surface area contributed by atoms with Crippen LogP contribution in [0.2, 0.25) is 0 Å². The van der Waals surface area contributed by atoms with Gasteiger partial charge in [0.1, 0.15) is 0 Å². The Hall–Kier alpha value is -1.27. The smallest absolute Gasteiger partial charge is 0.243 e. The summed E-state index contributed by atoms with van der Waals surface area (Å²) in [6.45, 7) is 2.40. The van der Waals surface area contributed by atoms with Gasteiger partial charge in [0.25, 0.3) is 0 Å². The van der Waals surface area contributed by atoms with Gasteiger partial charge in [-0.3, -0.25) is 4.79 Å². The zero-order valence-corrected chi connectivity index (χ0v) is 10.3. The van der Waals surface area contributed by atoms with Crippen LogP contribution in [0.4, 0.5) is 0 Å². The average molecular weight is 235 g/mol. The van der Waals surface area contributed by atoms with Crippen LogP contribution in [0.1, 0.15) is 32.1 Å². The number of hydrogen-bond donors (Lipinski definition) is 1. The summed E-state index contributed by atoms with van der Waals surface area (Å²) >= 11 is 0. The molecule has 0 saturated carbocycles. The van der Waals surface area contributed by atoms with Crippen molar-refractivity contribution in [3.8, 4) is 12.3 Å².